The van der Waals surface area contributed by atoms with E-state index < -0.39 is 0 Å². The van der Waals surface area contributed by atoms with Crippen molar-refractivity contribution in [1.82, 2.24) is 10.2 Å². The summed E-state index contributed by atoms with van der Waals surface area (Å²) in [6.07, 6.45) is 5.90. The molecule has 5 heteroatoms. The maximum atomic E-state index is 12.3. The molecule has 0 saturated heterocycles. The van der Waals surface area contributed by atoms with Crippen molar-refractivity contribution in [3.63, 3.8) is 0 Å². The zero-order valence-electron chi connectivity index (χ0n) is 14.5. The van der Waals surface area contributed by atoms with Crippen LogP contribution < -0.4 is 5.32 Å². The molecule has 0 aromatic heterocycles. The van der Waals surface area contributed by atoms with Gasteiger partial charge in [-0.15, -0.1) is 0 Å². The van der Waals surface area contributed by atoms with Gasteiger partial charge in [0.2, 0.25) is 5.91 Å². The number of nitriles is 1. The van der Waals surface area contributed by atoms with E-state index >= 15 is 0 Å². The summed E-state index contributed by atoms with van der Waals surface area (Å²) in [4.78, 5) is 14.4. The lowest BCUT2D eigenvalue weighted by Gasteiger charge is -2.26. The molecule has 24 heavy (non-hydrogen) atoms. The minimum Gasteiger partial charge on any atom is -0.383 e. The highest BCUT2D eigenvalue weighted by Crippen LogP contribution is 2.17. The number of benzene rings is 1. The van der Waals surface area contributed by atoms with Crippen molar-refractivity contribution < 1.29 is 9.53 Å². The van der Waals surface area contributed by atoms with Crippen LogP contribution in [0, 0.1) is 11.3 Å². The second kappa shape index (κ2) is 10.1. The fraction of sp³-hybridized carbons (Fsp3) is 0.579. The predicted octanol–water partition coefficient (Wildman–Crippen LogP) is 2.46. The summed E-state index contributed by atoms with van der Waals surface area (Å²) in [6, 6.07) is 9.97. The van der Waals surface area contributed by atoms with Gasteiger partial charge in [0, 0.05) is 26.2 Å². The van der Waals surface area contributed by atoms with Crippen LogP contribution in [0.4, 0.5) is 0 Å². The average Bonchev–Trinajstić information content (AvgIpc) is 2.61. The number of nitrogens with one attached hydrogen (secondary N) is 1. The van der Waals surface area contributed by atoms with Crippen LogP contribution in [-0.2, 0) is 16.1 Å². The van der Waals surface area contributed by atoms with Gasteiger partial charge >= 0.3 is 0 Å². The number of amides is 1. The summed E-state index contributed by atoms with van der Waals surface area (Å²) in [5.41, 5.74) is 1.74. The Kier molecular flexibility index (Phi) is 7.73. The molecule has 1 saturated carbocycles. The molecule has 1 aliphatic carbocycles. The lowest BCUT2D eigenvalue weighted by Crippen LogP contribution is -2.43. The third kappa shape index (κ3) is 6.31. The van der Waals surface area contributed by atoms with Crippen LogP contribution in [-0.4, -0.2) is 43.7 Å². The van der Waals surface area contributed by atoms with Gasteiger partial charge in [-0.1, -0.05) is 31.4 Å². The third-order valence-electron chi connectivity index (χ3n) is 4.44. The van der Waals surface area contributed by atoms with E-state index in [2.05, 4.69) is 16.3 Å². The van der Waals surface area contributed by atoms with Crippen LogP contribution in [0.3, 0.4) is 0 Å². The van der Waals surface area contributed by atoms with Crippen LogP contribution >= 0.6 is 0 Å². The van der Waals surface area contributed by atoms with Gasteiger partial charge in [-0.05, 0) is 30.5 Å². The molecule has 1 aromatic carbocycles. The van der Waals surface area contributed by atoms with Crippen LogP contribution in [0.25, 0.3) is 0 Å². The molecule has 0 spiro atoms. The van der Waals surface area contributed by atoms with E-state index in [9.17, 15) is 4.79 Å². The molecule has 5 nitrogen and oxygen atoms in total. The van der Waals surface area contributed by atoms with Crippen LogP contribution in [0.1, 0.15) is 43.2 Å². The van der Waals surface area contributed by atoms with E-state index in [4.69, 9.17) is 10.00 Å². The lowest BCUT2D eigenvalue weighted by atomic mass is 9.95. The molecule has 2 rings (SSSR count). The van der Waals surface area contributed by atoms with Crippen molar-refractivity contribution in [2.24, 2.45) is 0 Å². The van der Waals surface area contributed by atoms with Gasteiger partial charge in [-0.2, -0.15) is 5.26 Å². The second-order valence-electron chi connectivity index (χ2n) is 6.41. The molecule has 130 valence electrons. The molecule has 1 aromatic rings. The smallest absolute Gasteiger partial charge is 0.234 e. The van der Waals surface area contributed by atoms with Crippen molar-refractivity contribution >= 4 is 5.91 Å². The molecule has 1 fully saturated rings. The Morgan fingerprint density at radius 1 is 1.29 bits per heavy atom. The van der Waals surface area contributed by atoms with Crippen molar-refractivity contribution in [3.8, 4) is 6.07 Å². The molecule has 0 unspecified atom stereocenters. The fourth-order valence-electron chi connectivity index (χ4n) is 3.10. The first kappa shape index (κ1) is 18.4. The first-order chi connectivity index (χ1) is 11.7. The maximum absolute atomic E-state index is 12.3. The summed E-state index contributed by atoms with van der Waals surface area (Å²) < 4.78 is 5.16. The normalized spacial score (nSPS) is 15.2. The summed E-state index contributed by atoms with van der Waals surface area (Å²) in [5.74, 6) is 0.0895. The Balaban J connectivity index is 1.88. The van der Waals surface area contributed by atoms with Gasteiger partial charge in [-0.25, -0.2) is 0 Å². The third-order valence-corrected chi connectivity index (χ3v) is 4.44. The van der Waals surface area contributed by atoms with Gasteiger partial charge < -0.3 is 10.1 Å². The molecule has 0 heterocycles. The highest BCUT2D eigenvalue weighted by Gasteiger charge is 2.17. The van der Waals surface area contributed by atoms with Crippen LogP contribution in [0.15, 0.2) is 24.3 Å². The van der Waals surface area contributed by atoms with Gasteiger partial charge in [-0.3, -0.25) is 9.69 Å². The van der Waals surface area contributed by atoms with Crippen molar-refractivity contribution in [2.45, 2.75) is 44.7 Å². The Hall–Kier alpha value is -1.90. The number of carbonyl (C=O) groups is 1. The number of nitrogens with zero attached hydrogens (tertiary/aromatic N) is 2. The number of methoxy groups -OCH3 is 1. The molecular weight excluding hydrogens is 302 g/mol. The van der Waals surface area contributed by atoms with E-state index in [1.54, 1.807) is 7.11 Å². The molecule has 0 atom stereocenters. The van der Waals surface area contributed by atoms with Crippen LogP contribution in [0.2, 0.25) is 0 Å². The number of carbonyl (C=O) groups excluding carboxylic acids is 1. The number of hydrogen-bond donors (Lipinski definition) is 1. The van der Waals surface area contributed by atoms with Gasteiger partial charge in [0.05, 0.1) is 24.8 Å². The van der Waals surface area contributed by atoms with Crippen LogP contribution in [0.5, 0.6) is 0 Å². The molecule has 1 N–H and O–H groups in total. The molecule has 0 radical (unpaired) electrons. The molecule has 1 aliphatic rings. The zero-order valence-corrected chi connectivity index (χ0v) is 14.5. The first-order valence-corrected chi connectivity index (χ1v) is 8.71. The molecule has 0 bridgehead atoms. The van der Waals surface area contributed by atoms with Gasteiger partial charge in [0.15, 0.2) is 0 Å². The highest BCUT2D eigenvalue weighted by atomic mass is 16.5. The summed E-state index contributed by atoms with van der Waals surface area (Å²) in [7, 11) is 1.67. The summed E-state index contributed by atoms with van der Waals surface area (Å²) >= 11 is 0. The monoisotopic (exact) mass is 329 g/mol. The topological polar surface area (TPSA) is 65.4 Å². The van der Waals surface area contributed by atoms with Gasteiger partial charge in [0.25, 0.3) is 0 Å². The SMILES string of the molecule is COCCN(CC(=O)NC1CCCCC1)Cc1ccc(C#N)cc1. The first-order valence-electron chi connectivity index (χ1n) is 8.71. The summed E-state index contributed by atoms with van der Waals surface area (Å²) in [6.45, 7) is 2.34. The van der Waals surface area contributed by atoms with Crippen molar-refractivity contribution in [1.29, 1.82) is 5.26 Å². The Morgan fingerprint density at radius 2 is 2.00 bits per heavy atom. The molecular formula is C19H27N3O2. The quantitative estimate of drug-likeness (QED) is 0.795. The van der Waals surface area contributed by atoms with E-state index in [0.717, 1.165) is 18.4 Å². The lowest BCUT2D eigenvalue weighted by molar-refractivity contribution is -0.123. The maximum Gasteiger partial charge on any atom is 0.234 e. The standard InChI is InChI=1S/C19H27N3O2/c1-24-12-11-22(14-17-9-7-16(13-20)8-10-17)15-19(23)21-18-5-3-2-4-6-18/h7-10,18H,2-6,11-12,14-15H2,1H3,(H,21,23). The largest absolute Gasteiger partial charge is 0.383 e. The highest BCUT2D eigenvalue weighted by molar-refractivity contribution is 5.78. The fourth-order valence-corrected chi connectivity index (χ4v) is 3.10. The van der Waals surface area contributed by atoms with Gasteiger partial charge in [0.1, 0.15) is 0 Å². The average molecular weight is 329 g/mol. The minimum atomic E-state index is 0.0895. The number of hydrogen-bond acceptors (Lipinski definition) is 4. The molecule has 0 aliphatic heterocycles. The second-order valence-corrected chi connectivity index (χ2v) is 6.41. The summed E-state index contributed by atoms with van der Waals surface area (Å²) in [5, 5.41) is 12.0. The number of rotatable bonds is 8. The predicted molar refractivity (Wildman–Crippen MR) is 93.3 cm³/mol. The Bertz CT molecular complexity index is 545. The van der Waals surface area contributed by atoms with Crippen molar-refractivity contribution in [3.05, 3.63) is 35.4 Å². The van der Waals surface area contributed by atoms with Crippen molar-refractivity contribution in [2.75, 3.05) is 26.8 Å². The zero-order chi connectivity index (χ0) is 17.2. The van der Waals surface area contributed by atoms with E-state index in [-0.39, 0.29) is 5.91 Å². The minimum absolute atomic E-state index is 0.0895. The Labute approximate surface area is 144 Å². The van der Waals surface area contributed by atoms with E-state index in [1.807, 2.05) is 24.3 Å². The Morgan fingerprint density at radius 3 is 2.62 bits per heavy atom. The van der Waals surface area contributed by atoms with E-state index in [1.165, 1.54) is 19.3 Å². The number of ether oxygens (including phenoxy) is 1. The molecule has 1 amide bonds. The van der Waals surface area contributed by atoms with E-state index in [0.29, 0.717) is 37.8 Å².